The van der Waals surface area contributed by atoms with E-state index in [4.69, 9.17) is 0 Å². The Kier molecular flexibility index (Phi) is 3.20. The molecular weight excluding hydrogens is 259 g/mol. The molecule has 2 saturated heterocycles. The molecular formula is C15H17FN2O2. The van der Waals surface area contributed by atoms with Gasteiger partial charge in [-0.15, -0.1) is 0 Å². The summed E-state index contributed by atoms with van der Waals surface area (Å²) in [6.07, 6.45) is 1.64. The zero-order valence-electron chi connectivity index (χ0n) is 11.4. The molecule has 1 aromatic carbocycles. The van der Waals surface area contributed by atoms with Gasteiger partial charge in [0.15, 0.2) is 0 Å². The fourth-order valence-electron chi connectivity index (χ4n) is 3.04. The Morgan fingerprint density at radius 2 is 1.90 bits per heavy atom. The molecule has 1 aromatic rings. The average Bonchev–Trinajstić information content (AvgIpc) is 2.93. The maximum absolute atomic E-state index is 12.9. The Bertz CT molecular complexity index is 543. The van der Waals surface area contributed by atoms with Gasteiger partial charge in [-0.1, -0.05) is 12.1 Å². The lowest BCUT2D eigenvalue weighted by atomic mass is 10.0. The number of carbonyl (C=O) groups excluding carboxylic acids is 2. The van der Waals surface area contributed by atoms with Crippen molar-refractivity contribution in [1.29, 1.82) is 0 Å². The minimum absolute atomic E-state index is 0.0129. The number of halogens is 1. The molecule has 2 aliphatic heterocycles. The van der Waals surface area contributed by atoms with Crippen molar-refractivity contribution in [2.45, 2.75) is 38.4 Å². The van der Waals surface area contributed by atoms with Gasteiger partial charge >= 0.3 is 0 Å². The van der Waals surface area contributed by atoms with Crippen LogP contribution in [0.25, 0.3) is 0 Å². The van der Waals surface area contributed by atoms with Crippen molar-refractivity contribution < 1.29 is 14.0 Å². The van der Waals surface area contributed by atoms with Gasteiger partial charge in [0.05, 0.1) is 0 Å². The van der Waals surface area contributed by atoms with Crippen molar-refractivity contribution in [2.75, 3.05) is 6.54 Å². The van der Waals surface area contributed by atoms with Crippen LogP contribution >= 0.6 is 0 Å². The molecule has 2 unspecified atom stereocenters. The molecule has 0 bridgehead atoms. The lowest BCUT2D eigenvalue weighted by Gasteiger charge is -2.41. The van der Waals surface area contributed by atoms with E-state index in [1.54, 1.807) is 28.9 Å². The Morgan fingerprint density at radius 3 is 2.60 bits per heavy atom. The predicted octanol–water partition coefficient (Wildman–Crippen LogP) is 1.55. The Hall–Kier alpha value is -1.91. The summed E-state index contributed by atoms with van der Waals surface area (Å²) in [5.41, 5.74) is 0.839. The van der Waals surface area contributed by atoms with Crippen molar-refractivity contribution in [3.63, 3.8) is 0 Å². The van der Waals surface area contributed by atoms with Crippen LogP contribution in [0.3, 0.4) is 0 Å². The molecule has 3 rings (SSSR count). The van der Waals surface area contributed by atoms with Gasteiger partial charge in [0.25, 0.3) is 0 Å². The van der Waals surface area contributed by atoms with Crippen LogP contribution < -0.4 is 0 Å². The van der Waals surface area contributed by atoms with E-state index in [0.717, 1.165) is 18.4 Å². The summed E-state index contributed by atoms with van der Waals surface area (Å²) >= 11 is 0. The van der Waals surface area contributed by atoms with E-state index in [0.29, 0.717) is 13.1 Å². The number of benzene rings is 1. The number of amides is 2. The van der Waals surface area contributed by atoms with E-state index < -0.39 is 6.04 Å². The van der Waals surface area contributed by atoms with Gasteiger partial charge in [0.1, 0.15) is 17.9 Å². The molecule has 0 spiro atoms. The van der Waals surface area contributed by atoms with E-state index in [1.165, 1.54) is 12.1 Å². The van der Waals surface area contributed by atoms with Crippen LogP contribution in [0.4, 0.5) is 4.39 Å². The average molecular weight is 276 g/mol. The van der Waals surface area contributed by atoms with Crippen LogP contribution in [-0.4, -0.2) is 40.2 Å². The molecule has 0 radical (unpaired) electrons. The first-order valence-electron chi connectivity index (χ1n) is 6.93. The first-order valence-corrected chi connectivity index (χ1v) is 6.93. The molecule has 5 heteroatoms. The summed E-state index contributed by atoms with van der Waals surface area (Å²) < 4.78 is 12.9. The maximum Gasteiger partial charge on any atom is 0.246 e. The van der Waals surface area contributed by atoms with Gasteiger partial charge in [0.2, 0.25) is 11.8 Å². The Morgan fingerprint density at radius 1 is 1.20 bits per heavy atom. The summed E-state index contributed by atoms with van der Waals surface area (Å²) in [4.78, 5) is 28.1. The van der Waals surface area contributed by atoms with Crippen molar-refractivity contribution >= 4 is 11.8 Å². The normalized spacial score (nSPS) is 26.1. The highest BCUT2D eigenvalue weighted by Crippen LogP contribution is 2.27. The summed E-state index contributed by atoms with van der Waals surface area (Å²) in [6.45, 7) is 2.80. The lowest BCUT2D eigenvalue weighted by Crippen LogP contribution is -2.61. The van der Waals surface area contributed by atoms with E-state index in [1.807, 2.05) is 0 Å². The lowest BCUT2D eigenvalue weighted by molar-refractivity contribution is -0.159. The monoisotopic (exact) mass is 276 g/mol. The Balaban J connectivity index is 1.82. The predicted molar refractivity (Wildman–Crippen MR) is 71.1 cm³/mol. The fraction of sp³-hybridized carbons (Fsp3) is 0.467. The third kappa shape index (κ3) is 2.07. The van der Waals surface area contributed by atoms with Gasteiger partial charge in [-0.25, -0.2) is 4.39 Å². The zero-order chi connectivity index (χ0) is 14.3. The summed E-state index contributed by atoms with van der Waals surface area (Å²) in [5.74, 6) is -0.266. The number of hydrogen-bond acceptors (Lipinski definition) is 2. The second kappa shape index (κ2) is 4.89. The Labute approximate surface area is 117 Å². The van der Waals surface area contributed by atoms with Crippen molar-refractivity contribution in [2.24, 2.45) is 0 Å². The number of carbonyl (C=O) groups is 2. The molecule has 0 aromatic heterocycles. The van der Waals surface area contributed by atoms with Crippen LogP contribution in [-0.2, 0) is 16.1 Å². The van der Waals surface area contributed by atoms with E-state index in [-0.39, 0.29) is 23.7 Å². The standard InChI is InChI=1S/C15H17FN2O2/c1-10-14(19)17-8-2-3-13(17)15(20)18(10)9-11-4-6-12(16)7-5-11/h4-7,10,13H,2-3,8-9H2,1H3. The van der Waals surface area contributed by atoms with Crippen molar-refractivity contribution in [3.05, 3.63) is 35.6 Å². The van der Waals surface area contributed by atoms with Crippen LogP contribution in [0.15, 0.2) is 24.3 Å². The highest BCUT2D eigenvalue weighted by atomic mass is 19.1. The fourth-order valence-corrected chi connectivity index (χ4v) is 3.04. The van der Waals surface area contributed by atoms with Crippen LogP contribution in [0.1, 0.15) is 25.3 Å². The SMILES string of the molecule is CC1C(=O)N2CCCC2C(=O)N1Cc1ccc(F)cc1. The van der Waals surface area contributed by atoms with Gasteiger partial charge in [-0.3, -0.25) is 9.59 Å². The van der Waals surface area contributed by atoms with Gasteiger partial charge in [-0.05, 0) is 37.5 Å². The van der Waals surface area contributed by atoms with E-state index in [2.05, 4.69) is 0 Å². The number of hydrogen-bond donors (Lipinski definition) is 0. The molecule has 2 fully saturated rings. The highest BCUT2D eigenvalue weighted by molar-refractivity contribution is 5.97. The topological polar surface area (TPSA) is 40.6 Å². The summed E-state index contributed by atoms with van der Waals surface area (Å²) in [5, 5.41) is 0. The van der Waals surface area contributed by atoms with Gasteiger partial charge in [0, 0.05) is 13.1 Å². The molecule has 2 heterocycles. The van der Waals surface area contributed by atoms with Crippen LogP contribution in [0.5, 0.6) is 0 Å². The third-order valence-corrected chi connectivity index (χ3v) is 4.20. The minimum Gasteiger partial charge on any atom is -0.329 e. The van der Waals surface area contributed by atoms with Crippen LogP contribution in [0.2, 0.25) is 0 Å². The van der Waals surface area contributed by atoms with Gasteiger partial charge < -0.3 is 9.80 Å². The minimum atomic E-state index is -0.443. The molecule has 0 saturated carbocycles. The van der Waals surface area contributed by atoms with Crippen LogP contribution in [0, 0.1) is 5.82 Å². The summed E-state index contributed by atoms with van der Waals surface area (Å²) in [6, 6.07) is 5.32. The number of nitrogens with zero attached hydrogens (tertiary/aromatic N) is 2. The molecule has 2 aliphatic rings. The third-order valence-electron chi connectivity index (χ3n) is 4.20. The highest BCUT2D eigenvalue weighted by Gasteiger charge is 2.45. The quantitative estimate of drug-likeness (QED) is 0.822. The molecule has 2 atom stereocenters. The van der Waals surface area contributed by atoms with E-state index in [9.17, 15) is 14.0 Å². The molecule has 0 N–H and O–H groups in total. The zero-order valence-corrected chi connectivity index (χ0v) is 11.4. The molecule has 4 nitrogen and oxygen atoms in total. The summed E-state index contributed by atoms with van der Waals surface area (Å²) in [7, 11) is 0. The maximum atomic E-state index is 12.9. The first-order chi connectivity index (χ1) is 9.58. The van der Waals surface area contributed by atoms with Gasteiger partial charge in [-0.2, -0.15) is 0 Å². The van der Waals surface area contributed by atoms with E-state index >= 15 is 0 Å². The van der Waals surface area contributed by atoms with Crippen molar-refractivity contribution in [1.82, 2.24) is 9.80 Å². The molecule has 20 heavy (non-hydrogen) atoms. The number of rotatable bonds is 2. The molecule has 0 aliphatic carbocycles. The second-order valence-corrected chi connectivity index (χ2v) is 5.46. The molecule has 106 valence electrons. The largest absolute Gasteiger partial charge is 0.329 e. The number of piperazine rings is 1. The second-order valence-electron chi connectivity index (χ2n) is 5.46. The first kappa shape index (κ1) is 13.1. The molecule has 2 amide bonds. The smallest absolute Gasteiger partial charge is 0.246 e. The number of fused-ring (bicyclic) bond motifs is 1. The van der Waals surface area contributed by atoms with Crippen molar-refractivity contribution in [3.8, 4) is 0 Å².